The summed E-state index contributed by atoms with van der Waals surface area (Å²) < 4.78 is 5.35. The summed E-state index contributed by atoms with van der Waals surface area (Å²) in [4.78, 5) is 12.9. The Morgan fingerprint density at radius 3 is 2.30 bits per heavy atom. The number of para-hydroxylation sites is 1. The van der Waals surface area contributed by atoms with Crippen molar-refractivity contribution < 1.29 is 19.7 Å². The number of rotatable bonds is 5. The van der Waals surface area contributed by atoms with Crippen molar-refractivity contribution in [2.24, 2.45) is 17.8 Å². The fourth-order valence-electron chi connectivity index (χ4n) is 6.74. The average Bonchev–Trinajstić information content (AvgIpc) is 2.71. The molecule has 158 valence electrons. The number of nitrogens with one attached hydrogen (secondary N) is 1. The van der Waals surface area contributed by atoms with E-state index < -0.39 is 0 Å². The maximum Gasteiger partial charge on any atom is 0.255 e. The summed E-state index contributed by atoms with van der Waals surface area (Å²) in [7, 11) is 1.60. The van der Waals surface area contributed by atoms with Crippen molar-refractivity contribution in [2.45, 2.75) is 50.5 Å². The standard InChI is InChI=1S/C25H29NO4/c1-30-23-5-3-2-4-18(23)14-26-24(29)19-9-20(22(28)10-21(19)27)25-11-15-6-16(12-25)8-17(7-15)13-25/h2-5,9-10,15-17,27-28H,6-8,11-14H2,1H3,(H,26,29). The lowest BCUT2D eigenvalue weighted by atomic mass is 9.48. The third-order valence-corrected chi connectivity index (χ3v) is 7.60. The lowest BCUT2D eigenvalue weighted by molar-refractivity contribution is -0.00617. The Kier molecular flexibility index (Phi) is 4.64. The molecule has 0 aromatic heterocycles. The number of hydrogen-bond acceptors (Lipinski definition) is 4. The number of ether oxygens (including phenoxy) is 1. The molecule has 4 bridgehead atoms. The van der Waals surface area contributed by atoms with Crippen LogP contribution in [0.3, 0.4) is 0 Å². The lowest BCUT2D eigenvalue weighted by Gasteiger charge is -2.57. The highest BCUT2D eigenvalue weighted by Crippen LogP contribution is 2.62. The molecular formula is C25H29NO4. The Balaban J connectivity index is 1.42. The number of carbonyl (C=O) groups excluding carboxylic acids is 1. The van der Waals surface area contributed by atoms with Gasteiger partial charge in [-0.15, -0.1) is 0 Å². The van der Waals surface area contributed by atoms with Crippen LogP contribution < -0.4 is 10.1 Å². The van der Waals surface area contributed by atoms with Gasteiger partial charge >= 0.3 is 0 Å². The van der Waals surface area contributed by atoms with Gasteiger partial charge in [0.1, 0.15) is 17.2 Å². The molecular weight excluding hydrogens is 378 g/mol. The predicted molar refractivity (Wildman–Crippen MR) is 114 cm³/mol. The van der Waals surface area contributed by atoms with Gasteiger partial charge in [-0.3, -0.25) is 4.79 Å². The van der Waals surface area contributed by atoms with E-state index in [9.17, 15) is 15.0 Å². The summed E-state index contributed by atoms with van der Waals surface area (Å²) >= 11 is 0. The molecule has 0 aliphatic heterocycles. The van der Waals surface area contributed by atoms with Crippen LogP contribution in [-0.4, -0.2) is 23.2 Å². The first-order chi connectivity index (χ1) is 14.5. The van der Waals surface area contributed by atoms with Crippen LogP contribution in [-0.2, 0) is 12.0 Å². The third-order valence-electron chi connectivity index (χ3n) is 7.60. The van der Waals surface area contributed by atoms with Gasteiger partial charge in [0.15, 0.2) is 0 Å². The van der Waals surface area contributed by atoms with Gasteiger partial charge in [-0.05, 0) is 73.8 Å². The monoisotopic (exact) mass is 407 g/mol. The van der Waals surface area contributed by atoms with E-state index in [1.165, 1.54) is 25.3 Å². The Labute approximate surface area is 177 Å². The minimum atomic E-state index is -0.343. The summed E-state index contributed by atoms with van der Waals surface area (Å²) in [5.41, 5.74) is 1.90. The Hall–Kier alpha value is -2.69. The highest BCUT2D eigenvalue weighted by Gasteiger charge is 2.52. The number of amides is 1. The molecule has 0 heterocycles. The molecule has 4 aliphatic rings. The minimum absolute atomic E-state index is 0.0514. The quantitative estimate of drug-likeness (QED) is 0.682. The van der Waals surface area contributed by atoms with Gasteiger partial charge in [-0.1, -0.05) is 18.2 Å². The van der Waals surface area contributed by atoms with Crippen molar-refractivity contribution in [3.63, 3.8) is 0 Å². The molecule has 0 radical (unpaired) electrons. The molecule has 5 heteroatoms. The van der Waals surface area contributed by atoms with Crippen molar-refractivity contribution in [2.75, 3.05) is 7.11 Å². The van der Waals surface area contributed by atoms with Crippen molar-refractivity contribution in [3.8, 4) is 17.2 Å². The lowest BCUT2D eigenvalue weighted by Crippen LogP contribution is -2.48. The number of hydrogen-bond donors (Lipinski definition) is 3. The van der Waals surface area contributed by atoms with Crippen LogP contribution in [0.25, 0.3) is 0 Å². The molecule has 0 spiro atoms. The second-order valence-electron chi connectivity index (χ2n) is 9.58. The van der Waals surface area contributed by atoms with Crippen LogP contribution in [0.4, 0.5) is 0 Å². The zero-order valence-corrected chi connectivity index (χ0v) is 17.4. The highest BCUT2D eigenvalue weighted by molar-refractivity contribution is 5.97. The van der Waals surface area contributed by atoms with Crippen LogP contribution in [0.5, 0.6) is 17.2 Å². The fourth-order valence-corrected chi connectivity index (χ4v) is 6.74. The van der Waals surface area contributed by atoms with Gasteiger partial charge < -0.3 is 20.3 Å². The summed E-state index contributed by atoms with van der Waals surface area (Å²) in [6, 6.07) is 10.6. The number of phenolic OH excluding ortho intramolecular Hbond substituents is 2. The highest BCUT2D eigenvalue weighted by atomic mass is 16.5. The van der Waals surface area contributed by atoms with E-state index in [-0.39, 0.29) is 28.4 Å². The molecule has 4 fully saturated rings. The molecule has 4 aliphatic carbocycles. The number of benzene rings is 2. The largest absolute Gasteiger partial charge is 0.508 e. The summed E-state index contributed by atoms with van der Waals surface area (Å²) in [6.07, 6.45) is 7.18. The van der Waals surface area contributed by atoms with Crippen molar-refractivity contribution in [1.82, 2.24) is 5.32 Å². The fraction of sp³-hybridized carbons (Fsp3) is 0.480. The topological polar surface area (TPSA) is 78.8 Å². The SMILES string of the molecule is COc1ccccc1CNC(=O)c1cc(C23CC4CC(CC(C4)C2)C3)c(O)cc1O. The van der Waals surface area contributed by atoms with Gasteiger partial charge in [-0.2, -0.15) is 0 Å². The smallest absolute Gasteiger partial charge is 0.255 e. The Bertz CT molecular complexity index is 948. The molecule has 2 aromatic rings. The third kappa shape index (κ3) is 3.21. The number of carbonyl (C=O) groups is 1. The molecule has 2 aromatic carbocycles. The van der Waals surface area contributed by atoms with Crippen LogP contribution in [0.2, 0.25) is 0 Å². The Morgan fingerprint density at radius 2 is 1.67 bits per heavy atom. The molecule has 6 rings (SSSR count). The first-order valence-electron chi connectivity index (χ1n) is 10.9. The first-order valence-corrected chi connectivity index (χ1v) is 10.9. The van der Waals surface area contributed by atoms with Crippen molar-refractivity contribution >= 4 is 5.91 Å². The molecule has 0 unspecified atom stereocenters. The summed E-state index contributed by atoms with van der Waals surface area (Å²) in [6.45, 7) is 0.301. The van der Waals surface area contributed by atoms with Crippen LogP contribution in [0, 0.1) is 17.8 Å². The number of phenols is 2. The second-order valence-corrected chi connectivity index (χ2v) is 9.58. The molecule has 1 amide bonds. The van der Waals surface area contributed by atoms with Crippen LogP contribution >= 0.6 is 0 Å². The van der Waals surface area contributed by atoms with E-state index in [0.717, 1.165) is 48.1 Å². The summed E-state index contributed by atoms with van der Waals surface area (Å²) in [5.74, 6) is 2.49. The maximum atomic E-state index is 12.9. The predicted octanol–water partition coefficient (Wildman–Crippen LogP) is 4.50. The molecule has 5 nitrogen and oxygen atoms in total. The van der Waals surface area contributed by atoms with Gasteiger partial charge in [-0.25, -0.2) is 0 Å². The van der Waals surface area contributed by atoms with Crippen LogP contribution in [0.15, 0.2) is 36.4 Å². The van der Waals surface area contributed by atoms with Gasteiger partial charge in [0.25, 0.3) is 5.91 Å². The van der Waals surface area contributed by atoms with E-state index in [1.807, 2.05) is 24.3 Å². The first kappa shape index (κ1) is 19.3. The zero-order valence-electron chi connectivity index (χ0n) is 17.4. The van der Waals surface area contributed by atoms with E-state index in [2.05, 4.69) is 5.32 Å². The molecule has 4 saturated carbocycles. The zero-order chi connectivity index (χ0) is 20.9. The number of aromatic hydroxyl groups is 2. The minimum Gasteiger partial charge on any atom is -0.508 e. The molecule has 30 heavy (non-hydrogen) atoms. The number of methoxy groups -OCH3 is 1. The molecule has 3 N–H and O–H groups in total. The normalized spacial score (nSPS) is 29.0. The van der Waals surface area contributed by atoms with Gasteiger partial charge in [0.2, 0.25) is 0 Å². The maximum absolute atomic E-state index is 12.9. The Morgan fingerprint density at radius 1 is 1.03 bits per heavy atom. The second kappa shape index (κ2) is 7.22. The summed E-state index contributed by atoms with van der Waals surface area (Å²) in [5, 5.41) is 24.0. The van der Waals surface area contributed by atoms with Crippen molar-refractivity contribution in [1.29, 1.82) is 0 Å². The van der Waals surface area contributed by atoms with E-state index in [0.29, 0.717) is 12.3 Å². The van der Waals surface area contributed by atoms with E-state index >= 15 is 0 Å². The van der Waals surface area contributed by atoms with Crippen LogP contribution in [0.1, 0.15) is 60.0 Å². The van der Waals surface area contributed by atoms with E-state index in [4.69, 9.17) is 4.74 Å². The van der Waals surface area contributed by atoms with Gasteiger partial charge in [0.05, 0.1) is 12.7 Å². The van der Waals surface area contributed by atoms with Crippen molar-refractivity contribution in [3.05, 3.63) is 53.1 Å². The van der Waals surface area contributed by atoms with E-state index in [1.54, 1.807) is 13.2 Å². The van der Waals surface area contributed by atoms with Gasteiger partial charge in [0, 0.05) is 23.7 Å². The molecule has 0 saturated heterocycles. The molecule has 0 atom stereocenters. The average molecular weight is 408 g/mol.